The van der Waals surface area contributed by atoms with E-state index < -0.39 is 0 Å². The zero-order chi connectivity index (χ0) is 25.5. The lowest BCUT2D eigenvalue weighted by atomic mass is 9.97. The minimum Gasteiger partial charge on any atom is -0.490 e. The summed E-state index contributed by atoms with van der Waals surface area (Å²) in [4.78, 5) is 31.5. The van der Waals surface area contributed by atoms with E-state index in [1.165, 1.54) is 16.9 Å². The van der Waals surface area contributed by atoms with Crippen molar-refractivity contribution >= 4 is 34.8 Å². The van der Waals surface area contributed by atoms with Crippen LogP contribution in [0.4, 0.5) is 0 Å². The number of para-hydroxylation sites is 1. The number of hydrogen-bond donors (Lipinski definition) is 1. The van der Waals surface area contributed by atoms with Crippen LogP contribution in [0.2, 0.25) is 5.02 Å². The average Bonchev–Trinajstić information content (AvgIpc) is 3.39. The second-order valence-corrected chi connectivity index (χ2v) is 10.1. The Labute approximate surface area is 220 Å². The SMILES string of the molecule is Cc1ccc(OCC(=O)N2CCC(c3nc(C(=O)NCCOc4ccccc4Cl)cs3)CC2)cc1C. The Morgan fingerprint density at radius 1 is 1.11 bits per heavy atom. The van der Waals surface area contributed by atoms with Crippen LogP contribution in [0, 0.1) is 13.8 Å². The van der Waals surface area contributed by atoms with Gasteiger partial charge in [-0.3, -0.25) is 9.59 Å². The Kier molecular flexibility index (Phi) is 8.83. The summed E-state index contributed by atoms with van der Waals surface area (Å²) in [6, 6.07) is 13.1. The fourth-order valence-electron chi connectivity index (χ4n) is 3.97. The molecule has 1 fully saturated rings. The Hall–Kier alpha value is -3.10. The number of aromatic nitrogens is 1. The largest absolute Gasteiger partial charge is 0.490 e. The van der Waals surface area contributed by atoms with Gasteiger partial charge >= 0.3 is 0 Å². The van der Waals surface area contributed by atoms with Crippen LogP contribution in [0.5, 0.6) is 11.5 Å². The molecule has 190 valence electrons. The monoisotopic (exact) mass is 527 g/mol. The molecule has 3 aromatic rings. The number of likely N-dealkylation sites (tertiary alicyclic amines) is 1. The lowest BCUT2D eigenvalue weighted by Gasteiger charge is -2.31. The van der Waals surface area contributed by atoms with Crippen LogP contribution in [-0.4, -0.2) is 54.5 Å². The molecule has 1 aliphatic rings. The number of rotatable bonds is 9. The van der Waals surface area contributed by atoms with Crippen LogP contribution in [0.15, 0.2) is 47.8 Å². The van der Waals surface area contributed by atoms with E-state index in [1.807, 2.05) is 49.1 Å². The van der Waals surface area contributed by atoms with Gasteiger partial charge in [-0.25, -0.2) is 4.98 Å². The number of carbonyl (C=O) groups is 2. The predicted octanol–water partition coefficient (Wildman–Crippen LogP) is 5.01. The normalized spacial score (nSPS) is 13.9. The van der Waals surface area contributed by atoms with Crippen molar-refractivity contribution in [3.63, 3.8) is 0 Å². The number of benzene rings is 2. The molecule has 1 aromatic heterocycles. The van der Waals surface area contributed by atoms with Gasteiger partial charge in [0.2, 0.25) is 0 Å². The van der Waals surface area contributed by atoms with Crippen LogP contribution in [0.3, 0.4) is 0 Å². The maximum atomic E-state index is 12.6. The molecular formula is C27H30ClN3O4S. The van der Waals surface area contributed by atoms with E-state index in [0.29, 0.717) is 48.5 Å². The van der Waals surface area contributed by atoms with Crippen molar-refractivity contribution in [2.24, 2.45) is 0 Å². The van der Waals surface area contributed by atoms with Gasteiger partial charge in [-0.2, -0.15) is 0 Å². The second kappa shape index (κ2) is 12.2. The third-order valence-corrected chi connectivity index (χ3v) is 7.59. The first-order chi connectivity index (χ1) is 17.4. The van der Waals surface area contributed by atoms with E-state index in [0.717, 1.165) is 23.4 Å². The van der Waals surface area contributed by atoms with Crippen molar-refractivity contribution in [1.82, 2.24) is 15.2 Å². The van der Waals surface area contributed by atoms with E-state index in [4.69, 9.17) is 21.1 Å². The summed E-state index contributed by atoms with van der Waals surface area (Å²) < 4.78 is 11.3. The molecule has 36 heavy (non-hydrogen) atoms. The van der Waals surface area contributed by atoms with Crippen molar-refractivity contribution in [2.45, 2.75) is 32.6 Å². The third-order valence-electron chi connectivity index (χ3n) is 6.27. The molecule has 1 saturated heterocycles. The summed E-state index contributed by atoms with van der Waals surface area (Å²) in [7, 11) is 0. The highest BCUT2D eigenvalue weighted by molar-refractivity contribution is 7.09. The van der Waals surface area contributed by atoms with Gasteiger partial charge < -0.3 is 19.7 Å². The Bertz CT molecular complexity index is 1210. The average molecular weight is 528 g/mol. The molecule has 2 amide bonds. The van der Waals surface area contributed by atoms with Gasteiger partial charge in [0, 0.05) is 24.4 Å². The van der Waals surface area contributed by atoms with Crippen molar-refractivity contribution < 1.29 is 19.1 Å². The Morgan fingerprint density at radius 3 is 2.64 bits per heavy atom. The van der Waals surface area contributed by atoms with Crippen LogP contribution in [0.25, 0.3) is 0 Å². The molecule has 2 heterocycles. The second-order valence-electron chi connectivity index (χ2n) is 8.80. The topological polar surface area (TPSA) is 80.8 Å². The molecule has 0 spiro atoms. The fourth-order valence-corrected chi connectivity index (χ4v) is 5.13. The Balaban J connectivity index is 1.19. The van der Waals surface area contributed by atoms with Crippen molar-refractivity contribution in [2.75, 3.05) is 32.8 Å². The summed E-state index contributed by atoms with van der Waals surface area (Å²) in [5.41, 5.74) is 2.75. The minimum absolute atomic E-state index is 0.00936. The number of aryl methyl sites for hydroxylation is 2. The molecule has 0 aliphatic carbocycles. The van der Waals surface area contributed by atoms with Crippen LogP contribution >= 0.6 is 22.9 Å². The third kappa shape index (κ3) is 6.77. The smallest absolute Gasteiger partial charge is 0.270 e. The number of thiazole rings is 1. The van der Waals surface area contributed by atoms with Crippen molar-refractivity contribution in [3.05, 3.63) is 74.7 Å². The minimum atomic E-state index is -0.226. The summed E-state index contributed by atoms with van der Waals surface area (Å²) in [6.07, 6.45) is 1.63. The number of ether oxygens (including phenoxy) is 2. The van der Waals surface area contributed by atoms with Gasteiger partial charge in [-0.1, -0.05) is 29.8 Å². The maximum absolute atomic E-state index is 12.6. The number of amides is 2. The number of hydrogen-bond acceptors (Lipinski definition) is 6. The molecule has 0 unspecified atom stereocenters. The highest BCUT2D eigenvalue weighted by Crippen LogP contribution is 2.30. The number of nitrogens with zero attached hydrogens (tertiary/aromatic N) is 2. The molecule has 0 radical (unpaired) electrons. The molecule has 9 heteroatoms. The van der Waals surface area contributed by atoms with Gasteiger partial charge in [0.15, 0.2) is 6.61 Å². The van der Waals surface area contributed by atoms with Gasteiger partial charge in [-0.05, 0) is 62.1 Å². The zero-order valence-electron chi connectivity index (χ0n) is 20.5. The van der Waals surface area contributed by atoms with Crippen LogP contribution in [-0.2, 0) is 4.79 Å². The predicted molar refractivity (Wildman–Crippen MR) is 141 cm³/mol. The highest BCUT2D eigenvalue weighted by Gasteiger charge is 2.26. The van der Waals surface area contributed by atoms with Crippen molar-refractivity contribution in [3.8, 4) is 11.5 Å². The summed E-state index contributed by atoms with van der Waals surface area (Å²) in [6.45, 7) is 6.08. The molecule has 0 atom stereocenters. The number of nitrogens with one attached hydrogen (secondary N) is 1. The first-order valence-electron chi connectivity index (χ1n) is 12.0. The maximum Gasteiger partial charge on any atom is 0.270 e. The molecule has 1 aliphatic heterocycles. The first-order valence-corrected chi connectivity index (χ1v) is 13.2. The number of halogens is 1. The van der Waals surface area contributed by atoms with Gasteiger partial charge in [0.1, 0.15) is 23.8 Å². The molecule has 4 rings (SSSR count). The fraction of sp³-hybridized carbons (Fsp3) is 0.370. The number of carbonyl (C=O) groups excluding carboxylic acids is 2. The standard InChI is InChI=1S/C27H30ClN3O4S/c1-18-7-8-21(15-19(18)2)35-16-25(32)31-12-9-20(10-13-31)27-30-23(17-36-27)26(33)29-11-14-34-24-6-4-3-5-22(24)28/h3-8,15,17,20H,9-14,16H2,1-2H3,(H,29,33). The molecule has 0 saturated carbocycles. The Morgan fingerprint density at radius 2 is 1.89 bits per heavy atom. The van der Waals surface area contributed by atoms with Gasteiger partial charge in [0.25, 0.3) is 11.8 Å². The van der Waals surface area contributed by atoms with Crippen LogP contribution < -0.4 is 14.8 Å². The first kappa shape index (κ1) is 26.0. The highest BCUT2D eigenvalue weighted by atomic mass is 35.5. The van der Waals surface area contributed by atoms with E-state index in [2.05, 4.69) is 10.3 Å². The zero-order valence-corrected chi connectivity index (χ0v) is 22.0. The molecule has 1 N–H and O–H groups in total. The summed E-state index contributed by atoms with van der Waals surface area (Å²) >= 11 is 7.56. The van der Waals surface area contributed by atoms with Gasteiger partial charge in [0.05, 0.1) is 16.6 Å². The molecule has 2 aromatic carbocycles. The molecule has 7 nitrogen and oxygen atoms in total. The summed E-state index contributed by atoms with van der Waals surface area (Å²) in [5.74, 6) is 1.31. The van der Waals surface area contributed by atoms with E-state index in [-0.39, 0.29) is 24.3 Å². The van der Waals surface area contributed by atoms with E-state index in [9.17, 15) is 9.59 Å². The number of piperidine rings is 1. The summed E-state index contributed by atoms with van der Waals surface area (Å²) in [5, 5.41) is 6.09. The quantitative estimate of drug-likeness (QED) is 0.396. The van der Waals surface area contributed by atoms with Gasteiger partial charge in [-0.15, -0.1) is 11.3 Å². The molecule has 0 bridgehead atoms. The van der Waals surface area contributed by atoms with Crippen molar-refractivity contribution in [1.29, 1.82) is 0 Å². The molecular weight excluding hydrogens is 498 g/mol. The van der Waals surface area contributed by atoms with E-state index >= 15 is 0 Å². The lowest BCUT2D eigenvalue weighted by Crippen LogP contribution is -2.40. The van der Waals surface area contributed by atoms with E-state index in [1.54, 1.807) is 17.5 Å². The van der Waals surface area contributed by atoms with Crippen LogP contribution in [0.1, 0.15) is 45.4 Å². The lowest BCUT2D eigenvalue weighted by molar-refractivity contribution is -0.134.